The fourth-order valence-electron chi connectivity index (χ4n) is 7.46. The lowest BCUT2D eigenvalue weighted by Gasteiger charge is -2.62. The number of halogens is 1. The van der Waals surface area contributed by atoms with E-state index in [-0.39, 0.29) is 25.0 Å². The van der Waals surface area contributed by atoms with Gasteiger partial charge in [0.05, 0.1) is 6.10 Å². The summed E-state index contributed by atoms with van der Waals surface area (Å²) in [4.78, 5) is 48.8. The van der Waals surface area contributed by atoms with Crippen molar-refractivity contribution in [2.24, 2.45) is 22.7 Å². The number of rotatable bonds is 4. The summed E-state index contributed by atoms with van der Waals surface area (Å²) in [7, 11) is 0. The van der Waals surface area contributed by atoms with Gasteiger partial charge >= 0.3 is 11.9 Å². The molecule has 0 spiro atoms. The molecule has 0 bridgehead atoms. The van der Waals surface area contributed by atoms with E-state index in [1.165, 1.54) is 18.2 Å². The van der Waals surface area contributed by atoms with E-state index >= 15 is 4.39 Å². The van der Waals surface area contributed by atoms with Crippen molar-refractivity contribution in [3.05, 3.63) is 23.8 Å². The van der Waals surface area contributed by atoms with E-state index in [1.807, 2.05) is 0 Å². The maximum absolute atomic E-state index is 17.2. The van der Waals surface area contributed by atoms with Crippen LogP contribution in [-0.4, -0.2) is 63.8 Å². The lowest BCUT2D eigenvalue weighted by Crippen LogP contribution is -2.70. The molecule has 4 rings (SSSR count). The van der Waals surface area contributed by atoms with Crippen molar-refractivity contribution < 1.29 is 43.3 Å². The molecule has 0 aromatic rings. The van der Waals surface area contributed by atoms with Gasteiger partial charge in [0.25, 0.3) is 0 Å². The zero-order valence-electron chi connectivity index (χ0n) is 19.8. The molecular weight excluding hydrogens is 447 g/mol. The van der Waals surface area contributed by atoms with Crippen LogP contribution in [0.5, 0.6) is 0 Å². The summed E-state index contributed by atoms with van der Waals surface area (Å²) in [5, 5.41) is 22.6. The molecule has 0 radical (unpaired) electrons. The normalized spacial score (nSPS) is 44.9. The number of aliphatic hydroxyl groups is 2. The molecule has 3 fully saturated rings. The van der Waals surface area contributed by atoms with Crippen molar-refractivity contribution in [1.29, 1.82) is 0 Å². The van der Waals surface area contributed by atoms with Crippen LogP contribution in [0.25, 0.3) is 0 Å². The maximum Gasteiger partial charge on any atom is 0.303 e. The summed E-state index contributed by atoms with van der Waals surface area (Å²) in [6.45, 7) is 4.79. The van der Waals surface area contributed by atoms with E-state index < -0.39 is 70.5 Å². The van der Waals surface area contributed by atoms with E-state index in [1.54, 1.807) is 13.8 Å². The van der Waals surface area contributed by atoms with Gasteiger partial charge in [-0.1, -0.05) is 18.6 Å². The number of alkyl halides is 1. The first kappa shape index (κ1) is 24.7. The molecule has 8 nitrogen and oxygen atoms in total. The number of Topliss-reactive ketones (excluding diaryl/α,β-unsaturated/α-hetero) is 1. The van der Waals surface area contributed by atoms with Gasteiger partial charge in [0.1, 0.15) is 6.10 Å². The van der Waals surface area contributed by atoms with Gasteiger partial charge in [-0.2, -0.15) is 0 Å². The Morgan fingerprint density at radius 3 is 2.41 bits per heavy atom. The van der Waals surface area contributed by atoms with Crippen molar-refractivity contribution in [2.75, 3.05) is 6.61 Å². The Morgan fingerprint density at radius 1 is 1.12 bits per heavy atom. The monoisotopic (exact) mass is 478 g/mol. The molecule has 9 heteroatoms. The third kappa shape index (κ3) is 3.02. The van der Waals surface area contributed by atoms with Crippen LogP contribution in [0.2, 0.25) is 0 Å². The van der Waals surface area contributed by atoms with E-state index in [0.29, 0.717) is 12.0 Å². The Morgan fingerprint density at radius 2 is 1.79 bits per heavy atom. The number of esters is 2. The van der Waals surface area contributed by atoms with E-state index in [2.05, 4.69) is 0 Å². The maximum atomic E-state index is 17.2. The molecule has 0 aromatic carbocycles. The third-order valence-electron chi connectivity index (χ3n) is 8.95. The Bertz CT molecular complexity index is 1020. The first-order chi connectivity index (χ1) is 15.7. The minimum absolute atomic E-state index is 0.0313. The molecule has 0 aromatic heterocycles. The highest BCUT2D eigenvalue weighted by atomic mass is 19.1. The predicted octanol–water partition coefficient (Wildman–Crippen LogP) is 1.76. The van der Waals surface area contributed by atoms with Crippen molar-refractivity contribution in [3.63, 3.8) is 0 Å². The number of ether oxygens (including phenoxy) is 2. The molecule has 4 aliphatic carbocycles. The number of carbonyl (C=O) groups is 4. The van der Waals surface area contributed by atoms with Gasteiger partial charge in [-0.25, -0.2) is 4.39 Å². The van der Waals surface area contributed by atoms with Crippen LogP contribution in [0.15, 0.2) is 23.8 Å². The Kier molecular flexibility index (Phi) is 5.68. The zero-order chi connectivity index (χ0) is 25.3. The highest BCUT2D eigenvalue weighted by Gasteiger charge is 2.78. The van der Waals surface area contributed by atoms with Crippen LogP contribution < -0.4 is 0 Å². The molecule has 0 amide bonds. The summed E-state index contributed by atoms with van der Waals surface area (Å²) >= 11 is 0. The minimum Gasteiger partial charge on any atom is -0.458 e. The van der Waals surface area contributed by atoms with Gasteiger partial charge in [0.2, 0.25) is 11.4 Å². The number of allylic oxidation sites excluding steroid dienone is 4. The third-order valence-corrected chi connectivity index (χ3v) is 8.95. The van der Waals surface area contributed by atoms with Crippen molar-refractivity contribution in [3.8, 4) is 0 Å². The molecule has 34 heavy (non-hydrogen) atoms. The smallest absolute Gasteiger partial charge is 0.303 e. The number of hydrogen-bond donors (Lipinski definition) is 2. The van der Waals surface area contributed by atoms with E-state index in [4.69, 9.17) is 9.47 Å². The first-order valence-electron chi connectivity index (χ1n) is 11.6. The summed E-state index contributed by atoms with van der Waals surface area (Å²) in [6.07, 6.45) is 1.60. The molecule has 0 unspecified atom stereocenters. The van der Waals surface area contributed by atoms with Gasteiger partial charge in [-0.3, -0.25) is 19.2 Å². The Balaban J connectivity index is 1.82. The van der Waals surface area contributed by atoms with Crippen molar-refractivity contribution in [1.82, 2.24) is 0 Å². The van der Waals surface area contributed by atoms with Crippen LogP contribution in [-0.2, 0) is 28.7 Å². The van der Waals surface area contributed by atoms with Crippen LogP contribution in [0.1, 0.15) is 53.4 Å². The standard InChI is InChI=1S/C25H31FO8/c1-13(27)33-12-21(32)25(34-14(2)28)19(30)10-18-17-6-5-15-9-16(29)7-8-22(15,3)24(17,26)20(31)11-23(18,25)4/h7-9,17-20,30-31H,5-6,10-12H2,1-4H3/t17-,18-,19+,20-,22-,23-,24-,25-/m0/s1. The number of ketones is 2. The largest absolute Gasteiger partial charge is 0.458 e. The van der Waals surface area contributed by atoms with Crippen LogP contribution in [0.3, 0.4) is 0 Å². The van der Waals surface area contributed by atoms with Gasteiger partial charge in [-0.05, 0) is 50.7 Å². The molecule has 8 atom stereocenters. The highest BCUT2D eigenvalue weighted by Crippen LogP contribution is 2.70. The quantitative estimate of drug-likeness (QED) is 0.586. The van der Waals surface area contributed by atoms with Crippen LogP contribution >= 0.6 is 0 Å². The lowest BCUT2D eigenvalue weighted by molar-refractivity contribution is -0.231. The van der Waals surface area contributed by atoms with Crippen LogP contribution in [0, 0.1) is 22.7 Å². The second kappa shape index (κ2) is 7.81. The summed E-state index contributed by atoms with van der Waals surface area (Å²) in [5.41, 5.74) is -6.21. The minimum atomic E-state index is -2.16. The average Bonchev–Trinajstić information content (AvgIpc) is 2.95. The summed E-state index contributed by atoms with van der Waals surface area (Å²) in [5.74, 6) is -3.98. The van der Waals surface area contributed by atoms with Gasteiger partial charge < -0.3 is 19.7 Å². The number of fused-ring (bicyclic) bond motifs is 5. The van der Waals surface area contributed by atoms with Gasteiger partial charge in [0.15, 0.2) is 18.1 Å². The predicted molar refractivity (Wildman–Crippen MR) is 116 cm³/mol. The van der Waals surface area contributed by atoms with E-state index in [0.717, 1.165) is 13.8 Å². The number of carbonyl (C=O) groups excluding carboxylic acids is 4. The molecule has 2 N–H and O–H groups in total. The fraction of sp³-hybridized carbons (Fsp3) is 0.680. The summed E-state index contributed by atoms with van der Waals surface area (Å²) in [6, 6.07) is 0. The molecule has 0 aliphatic heterocycles. The topological polar surface area (TPSA) is 127 Å². The molecule has 4 aliphatic rings. The van der Waals surface area contributed by atoms with Crippen molar-refractivity contribution in [2.45, 2.75) is 76.9 Å². The summed E-state index contributed by atoms with van der Waals surface area (Å²) < 4.78 is 27.6. The molecule has 0 saturated heterocycles. The highest BCUT2D eigenvalue weighted by molar-refractivity contribution is 6.01. The van der Waals surface area contributed by atoms with Crippen molar-refractivity contribution >= 4 is 23.5 Å². The lowest BCUT2D eigenvalue weighted by atomic mass is 9.44. The van der Waals surface area contributed by atoms with Gasteiger partial charge in [0, 0.05) is 30.6 Å². The molecule has 0 heterocycles. The average molecular weight is 479 g/mol. The molecular formula is C25H31FO8. The second-order valence-corrected chi connectivity index (χ2v) is 10.5. The fourth-order valence-corrected chi connectivity index (χ4v) is 7.46. The first-order valence-corrected chi connectivity index (χ1v) is 11.6. The zero-order valence-corrected chi connectivity index (χ0v) is 19.8. The van der Waals surface area contributed by atoms with Crippen LogP contribution in [0.4, 0.5) is 4.39 Å². The SMILES string of the molecule is CC(=O)OCC(=O)[C@@]1(OC(C)=O)[C@H](O)C[C@H]2[C@@H]3CCC4=CC(=O)C=C[C@]4(C)[C@@]3(F)[C@@H](O)C[C@@]21C. The molecule has 186 valence electrons. The van der Waals surface area contributed by atoms with E-state index in [9.17, 15) is 29.4 Å². The Hall–Kier alpha value is -2.39. The number of aliphatic hydroxyl groups excluding tert-OH is 2. The molecule has 3 saturated carbocycles. The number of hydrogen-bond acceptors (Lipinski definition) is 8. The second-order valence-electron chi connectivity index (χ2n) is 10.5. The van der Waals surface area contributed by atoms with Gasteiger partial charge in [-0.15, -0.1) is 0 Å². The Labute approximate surface area is 197 Å².